The molecular formula is C27H27F5N6O2. The van der Waals surface area contributed by atoms with Crippen molar-refractivity contribution in [2.75, 3.05) is 26.3 Å². The summed E-state index contributed by atoms with van der Waals surface area (Å²) in [6, 6.07) is 7.57. The van der Waals surface area contributed by atoms with E-state index < -0.39 is 35.2 Å². The summed E-state index contributed by atoms with van der Waals surface area (Å²) in [7, 11) is 1.63. The monoisotopic (exact) mass is 562 g/mol. The van der Waals surface area contributed by atoms with Crippen molar-refractivity contribution >= 4 is 5.52 Å². The molecule has 5 heterocycles. The van der Waals surface area contributed by atoms with Gasteiger partial charge in [0.1, 0.15) is 12.5 Å². The van der Waals surface area contributed by atoms with Crippen molar-refractivity contribution in [3.05, 3.63) is 82.1 Å². The Kier molecular flexibility index (Phi) is 6.53. The van der Waals surface area contributed by atoms with Crippen molar-refractivity contribution in [1.29, 1.82) is 0 Å². The number of hydrogen-bond donors (Lipinski definition) is 0. The highest BCUT2D eigenvalue weighted by atomic mass is 19.4. The molecule has 0 bridgehead atoms. The van der Waals surface area contributed by atoms with E-state index in [1.165, 1.54) is 17.1 Å². The van der Waals surface area contributed by atoms with Crippen LogP contribution in [-0.2, 0) is 29.9 Å². The molecule has 2 fully saturated rings. The number of likely N-dealkylation sites (tertiary alicyclic amines) is 1. The molecular weight excluding hydrogens is 535 g/mol. The maximum absolute atomic E-state index is 15.8. The van der Waals surface area contributed by atoms with Crippen LogP contribution in [0.25, 0.3) is 11.2 Å². The molecule has 6 rings (SSSR count). The van der Waals surface area contributed by atoms with Gasteiger partial charge in [0, 0.05) is 39.1 Å². The third-order valence-corrected chi connectivity index (χ3v) is 7.93. The summed E-state index contributed by atoms with van der Waals surface area (Å²) in [4.78, 5) is 15.4. The Hall–Kier alpha value is -3.58. The second-order valence-electron chi connectivity index (χ2n) is 10.6. The van der Waals surface area contributed by atoms with E-state index in [1.807, 2.05) is 4.90 Å². The van der Waals surface area contributed by atoms with Crippen molar-refractivity contribution in [2.45, 2.75) is 43.3 Å². The average molecular weight is 563 g/mol. The van der Waals surface area contributed by atoms with E-state index in [4.69, 9.17) is 4.74 Å². The minimum atomic E-state index is -4.71. The molecule has 0 unspecified atom stereocenters. The molecule has 0 spiro atoms. The van der Waals surface area contributed by atoms with Gasteiger partial charge < -0.3 is 9.30 Å². The van der Waals surface area contributed by atoms with E-state index in [1.54, 1.807) is 31.3 Å². The smallest absolute Gasteiger partial charge is 0.379 e. The topological polar surface area (TPSA) is 69.6 Å². The van der Waals surface area contributed by atoms with Crippen molar-refractivity contribution in [3.63, 3.8) is 0 Å². The maximum atomic E-state index is 15.8. The number of rotatable bonds is 6. The fourth-order valence-corrected chi connectivity index (χ4v) is 5.58. The van der Waals surface area contributed by atoms with Crippen LogP contribution < -0.4 is 5.69 Å². The Morgan fingerprint density at radius 2 is 1.90 bits per heavy atom. The third kappa shape index (κ3) is 4.50. The molecule has 1 atom stereocenters. The van der Waals surface area contributed by atoms with Crippen LogP contribution in [-0.4, -0.2) is 61.1 Å². The predicted octanol–water partition coefficient (Wildman–Crippen LogP) is 4.15. The average Bonchev–Trinajstić information content (AvgIpc) is 3.47. The lowest BCUT2D eigenvalue weighted by Gasteiger charge is -2.43. The summed E-state index contributed by atoms with van der Waals surface area (Å²) in [5.74, 6) is 0.124. The molecule has 2 aliphatic heterocycles. The summed E-state index contributed by atoms with van der Waals surface area (Å²) in [6.07, 6.45) is -2.57. The van der Waals surface area contributed by atoms with Gasteiger partial charge in [0.2, 0.25) is 0 Å². The van der Waals surface area contributed by atoms with E-state index in [0.29, 0.717) is 42.7 Å². The number of nitrogens with zero attached hydrogens (tertiary/aromatic N) is 6. The Labute approximate surface area is 225 Å². The lowest BCUT2D eigenvalue weighted by atomic mass is 9.74. The number of halogens is 5. The number of alkyl halides is 5. The van der Waals surface area contributed by atoms with E-state index >= 15 is 4.39 Å². The van der Waals surface area contributed by atoms with Crippen LogP contribution >= 0.6 is 0 Å². The minimum absolute atomic E-state index is 0.0678. The molecule has 0 radical (unpaired) electrons. The molecule has 0 N–H and O–H groups in total. The van der Waals surface area contributed by atoms with E-state index in [9.17, 15) is 22.4 Å². The molecule has 0 amide bonds. The number of aryl methyl sites for hydroxylation is 1. The van der Waals surface area contributed by atoms with Gasteiger partial charge in [-0.15, -0.1) is 10.2 Å². The fraction of sp³-hybridized carbons (Fsp3) is 0.444. The van der Waals surface area contributed by atoms with Gasteiger partial charge >= 0.3 is 11.9 Å². The lowest BCUT2D eigenvalue weighted by Crippen LogP contribution is -2.50. The van der Waals surface area contributed by atoms with E-state index in [0.717, 1.165) is 21.2 Å². The van der Waals surface area contributed by atoms with Crippen molar-refractivity contribution in [1.82, 2.24) is 28.6 Å². The van der Waals surface area contributed by atoms with Gasteiger partial charge in [-0.05, 0) is 42.2 Å². The normalized spacial score (nSPS) is 19.1. The van der Waals surface area contributed by atoms with Gasteiger partial charge in [0.15, 0.2) is 12.0 Å². The number of fused-ring (bicyclic) bond motifs is 1. The first kappa shape index (κ1) is 26.6. The first-order chi connectivity index (χ1) is 19.1. The van der Waals surface area contributed by atoms with Crippen molar-refractivity contribution in [3.8, 4) is 5.69 Å². The van der Waals surface area contributed by atoms with Gasteiger partial charge in [-0.25, -0.2) is 13.6 Å². The largest absolute Gasteiger partial charge is 0.418 e. The second kappa shape index (κ2) is 9.81. The second-order valence-corrected chi connectivity index (χ2v) is 10.6. The standard InChI is InChI=1S/C27H27F5N6O2/c1-35-16-33-34-24(35)23(29)26(14-40-15-26)18-3-2-4-20(10-18)37-13-22-21(27(30,31)32)9-17(12-38(22)25(37)39)11-36-7-5-19(28)6-8-36/h2-4,9-10,12-13,16,19,23H,5-8,11,14-15H2,1H3/t23-/m0/s1. The first-order valence-electron chi connectivity index (χ1n) is 12.9. The van der Waals surface area contributed by atoms with Crippen LogP contribution in [0.4, 0.5) is 22.0 Å². The molecule has 0 aliphatic carbocycles. The van der Waals surface area contributed by atoms with Gasteiger partial charge in [0.05, 0.1) is 35.4 Å². The molecule has 1 aromatic carbocycles. The van der Waals surface area contributed by atoms with E-state index in [2.05, 4.69) is 10.2 Å². The fourth-order valence-electron chi connectivity index (χ4n) is 5.58. The molecule has 40 heavy (non-hydrogen) atoms. The molecule has 2 saturated heterocycles. The zero-order valence-corrected chi connectivity index (χ0v) is 21.6. The molecule has 4 aromatic rings. The van der Waals surface area contributed by atoms with Crippen LogP contribution in [0, 0.1) is 0 Å². The van der Waals surface area contributed by atoms with Gasteiger partial charge in [-0.1, -0.05) is 12.1 Å². The molecule has 8 nitrogen and oxygen atoms in total. The predicted molar refractivity (Wildman–Crippen MR) is 135 cm³/mol. The summed E-state index contributed by atoms with van der Waals surface area (Å²) in [5.41, 5.74) is -1.88. The zero-order chi connectivity index (χ0) is 28.2. The highest BCUT2D eigenvalue weighted by Gasteiger charge is 2.50. The number of imidazole rings is 1. The number of aromatic nitrogens is 5. The quantitative estimate of drug-likeness (QED) is 0.331. The zero-order valence-electron chi connectivity index (χ0n) is 21.6. The number of hydrogen-bond acceptors (Lipinski definition) is 5. The Bertz CT molecular complexity index is 1600. The molecule has 3 aromatic heterocycles. The van der Waals surface area contributed by atoms with Gasteiger partial charge in [-0.3, -0.25) is 13.9 Å². The summed E-state index contributed by atoms with van der Waals surface area (Å²) >= 11 is 0. The van der Waals surface area contributed by atoms with Crippen LogP contribution in [0.5, 0.6) is 0 Å². The highest BCUT2D eigenvalue weighted by molar-refractivity contribution is 5.58. The van der Waals surface area contributed by atoms with Crippen LogP contribution in [0.15, 0.2) is 53.8 Å². The molecule has 13 heteroatoms. The van der Waals surface area contributed by atoms with Crippen LogP contribution in [0.3, 0.4) is 0 Å². The Morgan fingerprint density at radius 3 is 2.52 bits per heavy atom. The molecule has 212 valence electrons. The lowest BCUT2D eigenvalue weighted by molar-refractivity contribution is -0.136. The SMILES string of the molecule is Cn1cnnc1[C@H](F)C1(c2cccc(-n3cc4c(C(F)(F)F)cc(CN5CCC(F)CC5)cn4c3=O)c2)COC1. The Morgan fingerprint density at radius 1 is 1.15 bits per heavy atom. The van der Waals surface area contributed by atoms with Crippen LogP contribution in [0.1, 0.15) is 41.5 Å². The van der Waals surface area contributed by atoms with Crippen molar-refractivity contribution in [2.24, 2.45) is 7.05 Å². The third-order valence-electron chi connectivity index (χ3n) is 7.93. The van der Waals surface area contributed by atoms with E-state index in [-0.39, 0.29) is 31.1 Å². The first-order valence-corrected chi connectivity index (χ1v) is 12.9. The summed E-state index contributed by atoms with van der Waals surface area (Å²) < 4.78 is 80.8. The van der Waals surface area contributed by atoms with Crippen LogP contribution in [0.2, 0.25) is 0 Å². The number of piperidine rings is 1. The van der Waals surface area contributed by atoms with Crippen molar-refractivity contribution < 1.29 is 26.7 Å². The maximum Gasteiger partial charge on any atom is 0.418 e. The molecule has 2 aliphatic rings. The minimum Gasteiger partial charge on any atom is -0.379 e. The van der Waals surface area contributed by atoms with Gasteiger partial charge in [0.25, 0.3) is 0 Å². The molecule has 0 saturated carbocycles. The number of benzene rings is 1. The summed E-state index contributed by atoms with van der Waals surface area (Å²) in [6.45, 7) is 1.16. The number of ether oxygens (including phenoxy) is 1. The highest BCUT2D eigenvalue weighted by Crippen LogP contribution is 2.45. The Balaban J connectivity index is 1.40. The summed E-state index contributed by atoms with van der Waals surface area (Å²) in [5, 5.41) is 7.65. The number of pyridine rings is 1. The van der Waals surface area contributed by atoms with Gasteiger partial charge in [-0.2, -0.15) is 13.2 Å².